The second-order valence-corrected chi connectivity index (χ2v) is 9.23. The van der Waals surface area contributed by atoms with Crippen LogP contribution in [0.1, 0.15) is 49.7 Å². The molecule has 0 spiro atoms. The van der Waals surface area contributed by atoms with E-state index in [1.165, 1.54) is 0 Å². The Hall–Kier alpha value is -3.06. The van der Waals surface area contributed by atoms with Gasteiger partial charge in [-0.3, -0.25) is 4.79 Å². The summed E-state index contributed by atoms with van der Waals surface area (Å²) in [4.78, 5) is 26.7. The highest BCUT2D eigenvalue weighted by Crippen LogP contribution is 2.47. The lowest BCUT2D eigenvalue weighted by Crippen LogP contribution is -2.36. The summed E-state index contributed by atoms with van der Waals surface area (Å²) in [5, 5.41) is 3.37. The van der Waals surface area contributed by atoms with E-state index in [0.29, 0.717) is 41.2 Å². The molecule has 2 aliphatic rings. The first-order valence-corrected chi connectivity index (χ1v) is 12.1. The third-order valence-electron chi connectivity index (χ3n) is 6.42. The zero-order valence-corrected chi connectivity index (χ0v) is 21.3. The van der Waals surface area contributed by atoms with Crippen molar-refractivity contribution in [2.75, 3.05) is 20.8 Å². The zero-order valence-electron chi connectivity index (χ0n) is 19.7. The molecule has 2 atom stereocenters. The van der Waals surface area contributed by atoms with Gasteiger partial charge in [0.1, 0.15) is 0 Å². The van der Waals surface area contributed by atoms with E-state index in [2.05, 4.69) is 21.2 Å². The number of ketones is 1. The largest absolute Gasteiger partial charge is 0.493 e. The number of hydrogen-bond donors (Lipinski definition) is 1. The van der Waals surface area contributed by atoms with Gasteiger partial charge in [0.05, 0.1) is 26.4 Å². The molecule has 0 saturated carbocycles. The van der Waals surface area contributed by atoms with Gasteiger partial charge in [0, 0.05) is 33.8 Å². The summed E-state index contributed by atoms with van der Waals surface area (Å²) in [5.74, 6) is 0.379. The van der Waals surface area contributed by atoms with E-state index in [9.17, 15) is 9.59 Å². The van der Waals surface area contributed by atoms with Gasteiger partial charge < -0.3 is 19.5 Å². The minimum absolute atomic E-state index is 0.0172. The number of halogens is 1. The molecule has 0 unspecified atom stereocenters. The van der Waals surface area contributed by atoms with Gasteiger partial charge in [0.25, 0.3) is 0 Å². The number of allylic oxidation sites excluding steroid dienone is 3. The molecule has 2 aromatic rings. The van der Waals surface area contributed by atoms with Crippen LogP contribution >= 0.6 is 15.9 Å². The average molecular weight is 526 g/mol. The van der Waals surface area contributed by atoms with Gasteiger partial charge in [-0.2, -0.15) is 0 Å². The fourth-order valence-corrected chi connectivity index (χ4v) is 5.39. The number of Topliss-reactive ketones (excluding diaryl/α,β-unsaturated/α-hetero) is 1. The summed E-state index contributed by atoms with van der Waals surface area (Å²) in [5.41, 5.74) is 4.55. The Morgan fingerprint density at radius 2 is 1.82 bits per heavy atom. The number of methoxy groups -OCH3 is 2. The second kappa shape index (κ2) is 10.1. The first kappa shape index (κ1) is 24.1. The summed E-state index contributed by atoms with van der Waals surface area (Å²) in [7, 11) is 3.20. The lowest BCUT2D eigenvalue weighted by atomic mass is 9.71. The normalized spacial score (nSPS) is 20.0. The lowest BCUT2D eigenvalue weighted by molar-refractivity contribution is -0.138. The number of esters is 1. The van der Waals surface area contributed by atoms with Crippen LogP contribution in [0.15, 0.2) is 69.5 Å². The number of nitrogens with one attached hydrogen (secondary N) is 1. The maximum absolute atomic E-state index is 13.7. The number of carbonyl (C=O) groups is 2. The van der Waals surface area contributed by atoms with Crippen LogP contribution in [0.5, 0.6) is 11.5 Å². The summed E-state index contributed by atoms with van der Waals surface area (Å²) in [6.45, 7) is 3.91. The molecule has 1 aliphatic heterocycles. The molecule has 1 N–H and O–H groups in total. The van der Waals surface area contributed by atoms with Crippen LogP contribution in [0, 0.1) is 0 Å². The molecule has 0 amide bonds. The van der Waals surface area contributed by atoms with Gasteiger partial charge >= 0.3 is 5.97 Å². The van der Waals surface area contributed by atoms with E-state index in [1.807, 2.05) is 49.4 Å². The second-order valence-electron chi connectivity index (χ2n) is 8.37. The Labute approximate surface area is 208 Å². The Morgan fingerprint density at radius 1 is 1.09 bits per heavy atom. The fraction of sp³-hybridized carbons (Fsp3) is 0.333. The Morgan fingerprint density at radius 3 is 2.50 bits per heavy atom. The molecule has 0 radical (unpaired) electrons. The molecular weight excluding hydrogens is 498 g/mol. The van der Waals surface area contributed by atoms with Gasteiger partial charge in [-0.15, -0.1) is 0 Å². The van der Waals surface area contributed by atoms with Gasteiger partial charge in [-0.25, -0.2) is 4.79 Å². The predicted octanol–water partition coefficient (Wildman–Crippen LogP) is 5.39. The number of rotatable bonds is 6. The van der Waals surface area contributed by atoms with Crippen molar-refractivity contribution in [3.63, 3.8) is 0 Å². The number of ether oxygens (including phenoxy) is 3. The van der Waals surface area contributed by atoms with Gasteiger partial charge in [-0.1, -0.05) is 40.2 Å². The van der Waals surface area contributed by atoms with Crippen LogP contribution in [0.2, 0.25) is 0 Å². The molecule has 4 rings (SSSR count). The molecular formula is C27H28BrNO5. The smallest absolute Gasteiger partial charge is 0.336 e. The highest BCUT2D eigenvalue weighted by Gasteiger charge is 2.42. The third kappa shape index (κ3) is 4.37. The monoisotopic (exact) mass is 525 g/mol. The molecule has 1 heterocycles. The first-order valence-electron chi connectivity index (χ1n) is 11.3. The van der Waals surface area contributed by atoms with Crippen molar-refractivity contribution in [3.8, 4) is 11.5 Å². The molecule has 0 bridgehead atoms. The Balaban J connectivity index is 1.79. The Kier molecular flexibility index (Phi) is 7.12. The molecule has 1 aliphatic carbocycles. The van der Waals surface area contributed by atoms with Crippen LogP contribution < -0.4 is 14.8 Å². The van der Waals surface area contributed by atoms with Crippen molar-refractivity contribution < 1.29 is 23.8 Å². The van der Waals surface area contributed by atoms with Crippen molar-refractivity contribution in [2.24, 2.45) is 0 Å². The van der Waals surface area contributed by atoms with Crippen molar-refractivity contribution in [2.45, 2.75) is 38.5 Å². The molecule has 0 fully saturated rings. The Bertz CT molecular complexity index is 1200. The van der Waals surface area contributed by atoms with Crippen LogP contribution in [-0.4, -0.2) is 32.6 Å². The van der Waals surface area contributed by atoms with Crippen molar-refractivity contribution in [1.29, 1.82) is 0 Å². The molecule has 0 aromatic heterocycles. The maximum atomic E-state index is 13.7. The van der Waals surface area contributed by atoms with E-state index >= 15 is 0 Å². The highest BCUT2D eigenvalue weighted by molar-refractivity contribution is 9.10. The number of benzene rings is 2. The molecule has 7 heteroatoms. The molecule has 2 aromatic carbocycles. The number of carbonyl (C=O) groups excluding carboxylic acids is 2. The quantitative estimate of drug-likeness (QED) is 0.509. The van der Waals surface area contributed by atoms with Crippen LogP contribution in [0.3, 0.4) is 0 Å². The van der Waals surface area contributed by atoms with Crippen molar-refractivity contribution in [3.05, 3.63) is 80.6 Å². The molecule has 0 saturated heterocycles. The average Bonchev–Trinajstić information content (AvgIpc) is 2.83. The summed E-state index contributed by atoms with van der Waals surface area (Å²) in [6, 6.07) is 13.5. The van der Waals surface area contributed by atoms with E-state index in [0.717, 1.165) is 21.3 Å². The fourth-order valence-electron chi connectivity index (χ4n) is 4.88. The molecule has 178 valence electrons. The number of hydrogen-bond acceptors (Lipinski definition) is 6. The van der Waals surface area contributed by atoms with Gasteiger partial charge in [0.2, 0.25) is 0 Å². The van der Waals surface area contributed by atoms with Gasteiger partial charge in [-0.05, 0) is 55.5 Å². The van der Waals surface area contributed by atoms with Crippen LogP contribution in [0.25, 0.3) is 0 Å². The molecule has 6 nitrogen and oxygen atoms in total. The van der Waals surface area contributed by atoms with E-state index in [4.69, 9.17) is 14.2 Å². The minimum atomic E-state index is -0.496. The van der Waals surface area contributed by atoms with Crippen LogP contribution in [0.4, 0.5) is 0 Å². The number of dihydropyridines is 1. The van der Waals surface area contributed by atoms with E-state index < -0.39 is 11.9 Å². The SMILES string of the molecule is CCOC(=O)C1=C(C)NC2=C(C(=O)C[C@@H](c3ccc(OC)c(OC)c3)C2)[C@@H]1c1ccccc1Br. The minimum Gasteiger partial charge on any atom is -0.493 e. The summed E-state index contributed by atoms with van der Waals surface area (Å²) in [6.07, 6.45) is 0.983. The maximum Gasteiger partial charge on any atom is 0.336 e. The predicted molar refractivity (Wildman–Crippen MR) is 133 cm³/mol. The third-order valence-corrected chi connectivity index (χ3v) is 7.14. The summed E-state index contributed by atoms with van der Waals surface area (Å²) < 4.78 is 17.1. The lowest BCUT2D eigenvalue weighted by Gasteiger charge is -2.37. The van der Waals surface area contributed by atoms with Crippen molar-refractivity contribution >= 4 is 27.7 Å². The molecule has 34 heavy (non-hydrogen) atoms. The topological polar surface area (TPSA) is 73.9 Å². The van der Waals surface area contributed by atoms with Gasteiger partial charge in [0.15, 0.2) is 17.3 Å². The zero-order chi connectivity index (χ0) is 24.4. The van der Waals surface area contributed by atoms with E-state index in [1.54, 1.807) is 21.1 Å². The first-order chi connectivity index (χ1) is 16.4. The summed E-state index contributed by atoms with van der Waals surface area (Å²) >= 11 is 3.63. The standard InChI is InChI=1S/C27H28BrNO5/c1-5-34-27(31)24-15(2)29-20-12-17(16-10-11-22(32-3)23(14-16)33-4)13-21(30)26(20)25(24)18-8-6-7-9-19(18)28/h6-11,14,17,25,29H,5,12-13H2,1-4H3/t17-,25+/m0/s1. The van der Waals surface area contributed by atoms with E-state index in [-0.39, 0.29) is 18.3 Å². The van der Waals surface area contributed by atoms with Crippen LogP contribution in [-0.2, 0) is 14.3 Å². The highest BCUT2D eigenvalue weighted by atomic mass is 79.9. The van der Waals surface area contributed by atoms with Crippen molar-refractivity contribution in [1.82, 2.24) is 5.32 Å².